The monoisotopic (exact) mass is 484 g/mol. The SMILES string of the molecule is I.c1coc(CCNC(=NCCCn2ccnn2)NC2CC3CCC2C3)c1. The Morgan fingerprint density at radius 3 is 3.00 bits per heavy atom. The molecule has 0 aromatic carbocycles. The lowest BCUT2D eigenvalue weighted by atomic mass is 9.95. The Morgan fingerprint density at radius 2 is 2.30 bits per heavy atom. The average Bonchev–Trinajstić information content (AvgIpc) is 3.44. The second-order valence-corrected chi connectivity index (χ2v) is 7.43. The molecule has 2 fully saturated rings. The van der Waals surface area contributed by atoms with Gasteiger partial charge >= 0.3 is 0 Å². The van der Waals surface area contributed by atoms with Gasteiger partial charge in [0.05, 0.1) is 12.5 Å². The second kappa shape index (κ2) is 10.1. The number of aliphatic imine (C=N–C) groups is 1. The van der Waals surface area contributed by atoms with Crippen molar-refractivity contribution in [3.63, 3.8) is 0 Å². The van der Waals surface area contributed by atoms with Gasteiger partial charge in [-0.25, -0.2) is 0 Å². The molecule has 0 spiro atoms. The van der Waals surface area contributed by atoms with E-state index in [1.807, 2.05) is 23.0 Å². The van der Waals surface area contributed by atoms with E-state index in [9.17, 15) is 0 Å². The molecule has 2 aromatic heterocycles. The van der Waals surface area contributed by atoms with Crippen molar-refractivity contribution >= 4 is 29.9 Å². The van der Waals surface area contributed by atoms with Crippen molar-refractivity contribution in [1.82, 2.24) is 25.6 Å². The Hall–Kier alpha value is -1.58. The van der Waals surface area contributed by atoms with Crippen LogP contribution in [0, 0.1) is 11.8 Å². The second-order valence-electron chi connectivity index (χ2n) is 7.43. The number of hydrogen-bond acceptors (Lipinski definition) is 4. The van der Waals surface area contributed by atoms with Gasteiger partial charge in [-0.2, -0.15) is 0 Å². The zero-order valence-corrected chi connectivity index (χ0v) is 17.9. The van der Waals surface area contributed by atoms with Gasteiger partial charge in [0.1, 0.15) is 5.76 Å². The first kappa shape index (κ1) is 20.2. The van der Waals surface area contributed by atoms with Crippen molar-refractivity contribution in [2.75, 3.05) is 13.1 Å². The minimum absolute atomic E-state index is 0. The molecular formula is C19H29IN6O. The lowest BCUT2D eigenvalue weighted by Crippen LogP contribution is -2.46. The highest BCUT2D eigenvalue weighted by Crippen LogP contribution is 2.44. The van der Waals surface area contributed by atoms with Crippen molar-refractivity contribution < 1.29 is 4.42 Å². The van der Waals surface area contributed by atoms with Crippen LogP contribution in [0.25, 0.3) is 0 Å². The molecule has 2 aliphatic carbocycles. The third kappa shape index (κ3) is 5.70. The summed E-state index contributed by atoms with van der Waals surface area (Å²) in [4.78, 5) is 4.79. The van der Waals surface area contributed by atoms with E-state index in [0.717, 1.165) is 56.0 Å². The summed E-state index contributed by atoms with van der Waals surface area (Å²) in [5.74, 6) is 3.69. The lowest BCUT2D eigenvalue weighted by molar-refractivity contribution is 0.387. The average molecular weight is 484 g/mol. The van der Waals surface area contributed by atoms with Gasteiger partial charge in [-0.15, -0.1) is 29.1 Å². The van der Waals surface area contributed by atoms with Gasteiger partial charge in [-0.05, 0) is 49.7 Å². The third-order valence-electron chi connectivity index (χ3n) is 5.59. The molecule has 27 heavy (non-hydrogen) atoms. The van der Waals surface area contributed by atoms with Crippen LogP contribution in [0.15, 0.2) is 40.2 Å². The van der Waals surface area contributed by atoms with Crippen LogP contribution in [0.3, 0.4) is 0 Å². The van der Waals surface area contributed by atoms with Crippen molar-refractivity contribution in [3.8, 4) is 0 Å². The summed E-state index contributed by atoms with van der Waals surface area (Å²) < 4.78 is 7.26. The molecule has 3 atom stereocenters. The molecule has 2 aliphatic rings. The van der Waals surface area contributed by atoms with Gasteiger partial charge in [0.2, 0.25) is 0 Å². The number of halogens is 1. The maximum Gasteiger partial charge on any atom is 0.191 e. The topological polar surface area (TPSA) is 80.3 Å². The van der Waals surface area contributed by atoms with Gasteiger partial charge in [0.15, 0.2) is 5.96 Å². The molecule has 3 unspecified atom stereocenters. The molecule has 2 N–H and O–H groups in total. The number of nitrogens with zero attached hydrogens (tertiary/aromatic N) is 4. The summed E-state index contributed by atoms with van der Waals surface area (Å²) in [6.07, 6.45) is 12.6. The quantitative estimate of drug-likeness (QED) is 0.261. The predicted octanol–water partition coefficient (Wildman–Crippen LogP) is 2.85. The lowest BCUT2D eigenvalue weighted by Gasteiger charge is -2.25. The van der Waals surface area contributed by atoms with Crippen molar-refractivity contribution in [3.05, 3.63) is 36.5 Å². The highest BCUT2D eigenvalue weighted by atomic mass is 127. The molecule has 2 saturated carbocycles. The Bertz CT molecular complexity index is 687. The fourth-order valence-corrected chi connectivity index (χ4v) is 4.28. The summed E-state index contributed by atoms with van der Waals surface area (Å²) in [6.45, 7) is 2.44. The molecule has 148 valence electrons. The molecule has 8 heteroatoms. The van der Waals surface area contributed by atoms with Crippen LogP contribution in [0.5, 0.6) is 0 Å². The highest BCUT2D eigenvalue weighted by Gasteiger charge is 2.39. The number of furan rings is 1. The van der Waals surface area contributed by atoms with E-state index < -0.39 is 0 Å². The molecule has 0 saturated heterocycles. The minimum atomic E-state index is 0. The molecular weight excluding hydrogens is 455 g/mol. The van der Waals surface area contributed by atoms with E-state index in [0.29, 0.717) is 6.04 Å². The summed E-state index contributed by atoms with van der Waals surface area (Å²) in [5, 5.41) is 15.0. The van der Waals surface area contributed by atoms with Crippen LogP contribution in [-0.4, -0.2) is 40.1 Å². The summed E-state index contributed by atoms with van der Waals surface area (Å²) in [6, 6.07) is 4.53. The zero-order valence-electron chi connectivity index (χ0n) is 15.6. The molecule has 2 heterocycles. The van der Waals surface area contributed by atoms with Gasteiger partial charge in [0, 0.05) is 38.3 Å². The van der Waals surface area contributed by atoms with Crippen LogP contribution in [0.1, 0.15) is 37.9 Å². The number of aromatic nitrogens is 3. The fraction of sp³-hybridized carbons (Fsp3) is 0.632. The fourth-order valence-electron chi connectivity index (χ4n) is 4.28. The molecule has 2 aromatic rings. The Kier molecular flexibility index (Phi) is 7.54. The maximum absolute atomic E-state index is 5.41. The third-order valence-corrected chi connectivity index (χ3v) is 5.59. The van der Waals surface area contributed by atoms with Crippen LogP contribution >= 0.6 is 24.0 Å². The highest BCUT2D eigenvalue weighted by molar-refractivity contribution is 14.0. The predicted molar refractivity (Wildman–Crippen MR) is 115 cm³/mol. The van der Waals surface area contributed by atoms with Crippen LogP contribution in [0.4, 0.5) is 0 Å². The Balaban J connectivity index is 0.00000210. The maximum atomic E-state index is 5.41. The Labute approximate surface area is 177 Å². The van der Waals surface area contributed by atoms with E-state index >= 15 is 0 Å². The zero-order chi connectivity index (χ0) is 17.6. The standard InChI is InChI=1S/C19H28N6O.HI/c1-3-17(26-12-1)6-8-21-19(20-7-2-10-25-11-9-22-24-25)23-18-14-15-4-5-16(18)13-15;/h1,3,9,11-12,15-16,18H,2,4-8,10,13-14H2,(H2,20,21,23);1H. The molecule has 2 bridgehead atoms. The van der Waals surface area contributed by atoms with Crippen molar-refractivity contribution in [2.24, 2.45) is 16.8 Å². The van der Waals surface area contributed by atoms with E-state index in [1.54, 1.807) is 12.5 Å². The molecule has 0 amide bonds. The summed E-state index contributed by atoms with van der Waals surface area (Å²) in [5.41, 5.74) is 0. The Morgan fingerprint density at radius 1 is 1.33 bits per heavy atom. The molecule has 4 rings (SSSR count). The minimum Gasteiger partial charge on any atom is -0.469 e. The first-order chi connectivity index (χ1) is 12.9. The number of hydrogen-bond donors (Lipinski definition) is 2. The van der Waals surface area contributed by atoms with E-state index in [4.69, 9.17) is 9.41 Å². The first-order valence-corrected chi connectivity index (χ1v) is 9.78. The van der Waals surface area contributed by atoms with Crippen LogP contribution in [-0.2, 0) is 13.0 Å². The number of fused-ring (bicyclic) bond motifs is 2. The smallest absolute Gasteiger partial charge is 0.191 e. The van der Waals surface area contributed by atoms with E-state index in [-0.39, 0.29) is 24.0 Å². The van der Waals surface area contributed by atoms with Gasteiger partial charge < -0.3 is 15.1 Å². The largest absolute Gasteiger partial charge is 0.469 e. The molecule has 7 nitrogen and oxygen atoms in total. The number of rotatable bonds is 8. The van der Waals surface area contributed by atoms with E-state index in [2.05, 4.69) is 20.9 Å². The van der Waals surface area contributed by atoms with Crippen LogP contribution in [0.2, 0.25) is 0 Å². The number of guanidine groups is 1. The number of aryl methyl sites for hydroxylation is 1. The van der Waals surface area contributed by atoms with Gasteiger partial charge in [0.25, 0.3) is 0 Å². The first-order valence-electron chi connectivity index (χ1n) is 9.78. The van der Waals surface area contributed by atoms with E-state index in [1.165, 1.54) is 25.7 Å². The van der Waals surface area contributed by atoms with Gasteiger partial charge in [-0.1, -0.05) is 11.6 Å². The van der Waals surface area contributed by atoms with Crippen LogP contribution < -0.4 is 10.6 Å². The summed E-state index contributed by atoms with van der Waals surface area (Å²) in [7, 11) is 0. The number of nitrogens with one attached hydrogen (secondary N) is 2. The molecule has 0 aliphatic heterocycles. The van der Waals surface area contributed by atoms with Crippen molar-refractivity contribution in [2.45, 2.75) is 51.1 Å². The summed E-state index contributed by atoms with van der Waals surface area (Å²) >= 11 is 0. The molecule has 0 radical (unpaired) electrons. The van der Waals surface area contributed by atoms with Gasteiger partial charge in [-0.3, -0.25) is 9.67 Å². The van der Waals surface area contributed by atoms with Crippen molar-refractivity contribution in [1.29, 1.82) is 0 Å². The normalized spacial score (nSPS) is 24.0.